The average Bonchev–Trinajstić information content (AvgIpc) is 3.01. The Hall–Kier alpha value is -3.10. The minimum absolute atomic E-state index is 0.0857. The summed E-state index contributed by atoms with van der Waals surface area (Å²) >= 11 is 6.22. The number of halogens is 2. The molecule has 2 aromatic rings. The number of amides is 3. The Balaban J connectivity index is 1.69. The third-order valence-corrected chi connectivity index (χ3v) is 5.89. The van der Waals surface area contributed by atoms with Gasteiger partial charge in [-0.2, -0.15) is 0 Å². The smallest absolute Gasteiger partial charge is 0.304 e. The van der Waals surface area contributed by atoms with Crippen molar-refractivity contribution < 1.29 is 14.0 Å². The lowest BCUT2D eigenvalue weighted by Gasteiger charge is -2.25. The number of urea groups is 1. The number of carbonyl (C=O) groups excluding carboxylic acids is 2. The molecule has 2 aliphatic heterocycles. The third-order valence-electron chi connectivity index (χ3n) is 5.66. The van der Waals surface area contributed by atoms with E-state index < -0.39 is 11.7 Å². The molecule has 0 unspecified atom stereocenters. The fourth-order valence-electron chi connectivity index (χ4n) is 3.98. The van der Waals surface area contributed by atoms with E-state index in [1.807, 2.05) is 0 Å². The normalized spacial score (nSPS) is 15.5. The molecule has 7 nitrogen and oxygen atoms in total. The summed E-state index contributed by atoms with van der Waals surface area (Å²) in [6.07, 6.45) is 2.09. The second-order valence-corrected chi connectivity index (χ2v) is 7.99. The summed E-state index contributed by atoms with van der Waals surface area (Å²) in [6, 6.07) is 10.6. The SMILES string of the molecule is CCN(CC)CCCN1NC2=CC(=O)N(c3ccccc3F)c3cc(Cl)ccc3N2C1=O. The maximum Gasteiger partial charge on any atom is 0.349 e. The molecule has 0 spiro atoms. The van der Waals surface area contributed by atoms with Gasteiger partial charge in [-0.15, -0.1) is 0 Å². The topological polar surface area (TPSA) is 59.1 Å². The highest BCUT2D eigenvalue weighted by Crippen LogP contribution is 2.42. The highest BCUT2D eigenvalue weighted by Gasteiger charge is 2.40. The van der Waals surface area contributed by atoms with Crippen molar-refractivity contribution >= 4 is 40.6 Å². The first-order valence-corrected chi connectivity index (χ1v) is 11.0. The van der Waals surface area contributed by atoms with Crippen molar-refractivity contribution in [2.75, 3.05) is 36.0 Å². The number of nitrogens with zero attached hydrogens (tertiary/aromatic N) is 4. The molecule has 32 heavy (non-hydrogen) atoms. The molecule has 0 aromatic heterocycles. The maximum atomic E-state index is 14.6. The number of anilines is 3. The number of benzene rings is 2. The van der Waals surface area contributed by atoms with E-state index in [1.165, 1.54) is 33.0 Å². The Morgan fingerprint density at radius 3 is 2.47 bits per heavy atom. The molecule has 0 radical (unpaired) electrons. The molecule has 168 valence electrons. The van der Waals surface area contributed by atoms with Crippen molar-refractivity contribution in [3.8, 4) is 0 Å². The molecule has 3 amide bonds. The molecule has 4 rings (SSSR count). The lowest BCUT2D eigenvalue weighted by molar-refractivity contribution is -0.113. The fourth-order valence-corrected chi connectivity index (χ4v) is 4.15. The van der Waals surface area contributed by atoms with E-state index in [0.717, 1.165) is 26.1 Å². The van der Waals surface area contributed by atoms with Gasteiger partial charge in [0.2, 0.25) is 0 Å². The van der Waals surface area contributed by atoms with E-state index in [0.29, 0.717) is 28.8 Å². The molecule has 0 bridgehead atoms. The molecule has 2 aromatic carbocycles. The molecule has 0 atom stereocenters. The fraction of sp³-hybridized carbons (Fsp3) is 0.304. The van der Waals surface area contributed by atoms with Crippen LogP contribution in [0.1, 0.15) is 20.3 Å². The van der Waals surface area contributed by atoms with Crippen LogP contribution in [-0.4, -0.2) is 48.0 Å². The van der Waals surface area contributed by atoms with Crippen molar-refractivity contribution in [1.29, 1.82) is 0 Å². The van der Waals surface area contributed by atoms with E-state index in [1.54, 1.807) is 30.3 Å². The van der Waals surface area contributed by atoms with Crippen LogP contribution in [0.4, 0.5) is 26.2 Å². The standard InChI is InChI=1S/C23H25ClFN5O2/c1-3-27(4-2)12-7-13-28-23(32)30-19-11-10-16(24)14-20(19)29(22(31)15-21(30)26-28)18-9-6-5-8-17(18)25/h5-6,8-11,14-15,26H,3-4,7,12-13H2,1-2H3. The third kappa shape index (κ3) is 4.03. The van der Waals surface area contributed by atoms with Gasteiger partial charge in [0.05, 0.1) is 17.1 Å². The van der Waals surface area contributed by atoms with E-state index in [4.69, 9.17) is 11.6 Å². The van der Waals surface area contributed by atoms with Crippen LogP contribution in [0.3, 0.4) is 0 Å². The van der Waals surface area contributed by atoms with Gasteiger partial charge in [-0.05, 0) is 56.4 Å². The van der Waals surface area contributed by atoms with Crippen molar-refractivity contribution in [2.24, 2.45) is 0 Å². The van der Waals surface area contributed by atoms with Gasteiger partial charge in [0.25, 0.3) is 5.91 Å². The number of hydrazine groups is 1. The highest BCUT2D eigenvalue weighted by atomic mass is 35.5. The second kappa shape index (κ2) is 9.18. The number of rotatable bonds is 7. The van der Waals surface area contributed by atoms with Crippen LogP contribution >= 0.6 is 11.6 Å². The number of hydrogen-bond donors (Lipinski definition) is 1. The first-order chi connectivity index (χ1) is 15.4. The Labute approximate surface area is 191 Å². The number of nitrogens with one attached hydrogen (secondary N) is 1. The summed E-state index contributed by atoms with van der Waals surface area (Å²) in [6.45, 7) is 7.45. The zero-order valence-electron chi connectivity index (χ0n) is 18.0. The molecule has 2 aliphatic rings. The van der Waals surface area contributed by atoms with Crippen LogP contribution in [0.25, 0.3) is 0 Å². The minimum Gasteiger partial charge on any atom is -0.304 e. The van der Waals surface area contributed by atoms with Crippen LogP contribution in [0.15, 0.2) is 54.4 Å². The lowest BCUT2D eigenvalue weighted by Crippen LogP contribution is -2.38. The quantitative estimate of drug-likeness (QED) is 0.666. The van der Waals surface area contributed by atoms with E-state index >= 15 is 0 Å². The monoisotopic (exact) mass is 457 g/mol. The largest absolute Gasteiger partial charge is 0.349 e. The van der Waals surface area contributed by atoms with E-state index in [2.05, 4.69) is 24.2 Å². The zero-order valence-corrected chi connectivity index (χ0v) is 18.8. The molecule has 0 saturated carbocycles. The molecule has 0 aliphatic carbocycles. The molecule has 2 heterocycles. The molecule has 1 saturated heterocycles. The number of para-hydroxylation sites is 1. The van der Waals surface area contributed by atoms with Gasteiger partial charge in [0.1, 0.15) is 11.6 Å². The number of fused-ring (bicyclic) bond motifs is 3. The summed E-state index contributed by atoms with van der Waals surface area (Å²) < 4.78 is 14.6. The summed E-state index contributed by atoms with van der Waals surface area (Å²) in [4.78, 5) is 31.4. The zero-order chi connectivity index (χ0) is 22.8. The summed E-state index contributed by atoms with van der Waals surface area (Å²) in [7, 11) is 0. The Bertz CT molecular complexity index is 1070. The van der Waals surface area contributed by atoms with Gasteiger partial charge in [-0.3, -0.25) is 15.1 Å². The first-order valence-electron chi connectivity index (χ1n) is 10.6. The van der Waals surface area contributed by atoms with Crippen molar-refractivity contribution in [1.82, 2.24) is 15.3 Å². The van der Waals surface area contributed by atoms with E-state index in [-0.39, 0.29) is 11.7 Å². The number of hydrogen-bond acceptors (Lipinski definition) is 4. The maximum absolute atomic E-state index is 14.6. The van der Waals surface area contributed by atoms with Crippen LogP contribution < -0.4 is 15.2 Å². The van der Waals surface area contributed by atoms with E-state index in [9.17, 15) is 14.0 Å². The summed E-state index contributed by atoms with van der Waals surface area (Å²) in [5.74, 6) is -0.712. The van der Waals surface area contributed by atoms with Gasteiger partial charge in [-0.25, -0.2) is 19.1 Å². The van der Waals surface area contributed by atoms with Crippen LogP contribution in [-0.2, 0) is 4.79 Å². The van der Waals surface area contributed by atoms with Crippen LogP contribution in [0, 0.1) is 5.82 Å². The first kappa shape index (κ1) is 22.1. The van der Waals surface area contributed by atoms with Crippen molar-refractivity contribution in [3.63, 3.8) is 0 Å². The predicted octanol–water partition coefficient (Wildman–Crippen LogP) is 4.48. The van der Waals surface area contributed by atoms with Gasteiger partial charge >= 0.3 is 6.03 Å². The minimum atomic E-state index is -0.551. The molecular weight excluding hydrogens is 433 g/mol. The Morgan fingerprint density at radius 2 is 1.75 bits per heavy atom. The van der Waals surface area contributed by atoms with Gasteiger partial charge in [-0.1, -0.05) is 37.6 Å². The predicted molar refractivity (Wildman–Crippen MR) is 123 cm³/mol. The van der Waals surface area contributed by atoms with Gasteiger partial charge < -0.3 is 4.90 Å². The summed E-state index contributed by atoms with van der Waals surface area (Å²) in [5.41, 5.74) is 3.90. The summed E-state index contributed by atoms with van der Waals surface area (Å²) in [5, 5.41) is 1.87. The van der Waals surface area contributed by atoms with Crippen molar-refractivity contribution in [2.45, 2.75) is 20.3 Å². The van der Waals surface area contributed by atoms with Crippen molar-refractivity contribution in [3.05, 3.63) is 65.2 Å². The Kier molecular flexibility index (Phi) is 6.34. The Morgan fingerprint density at radius 1 is 1.00 bits per heavy atom. The molecular formula is C23H25ClFN5O2. The second-order valence-electron chi connectivity index (χ2n) is 7.55. The average molecular weight is 458 g/mol. The lowest BCUT2D eigenvalue weighted by atomic mass is 10.2. The van der Waals surface area contributed by atoms with Crippen LogP contribution in [0.5, 0.6) is 0 Å². The van der Waals surface area contributed by atoms with Gasteiger partial charge in [0, 0.05) is 17.6 Å². The number of carbonyl (C=O) groups is 2. The van der Waals surface area contributed by atoms with Gasteiger partial charge in [0.15, 0.2) is 0 Å². The van der Waals surface area contributed by atoms with Crippen LogP contribution in [0.2, 0.25) is 5.02 Å². The molecule has 1 fully saturated rings. The molecule has 9 heteroatoms. The highest BCUT2D eigenvalue weighted by molar-refractivity contribution is 6.31. The molecule has 1 N–H and O–H groups in total.